The van der Waals surface area contributed by atoms with E-state index in [-0.39, 0.29) is 23.5 Å². The van der Waals surface area contributed by atoms with Crippen molar-refractivity contribution in [2.24, 2.45) is 23.7 Å². The Morgan fingerprint density at radius 2 is 1.87 bits per heavy atom. The Morgan fingerprint density at radius 1 is 1.13 bits per heavy atom. The molecule has 4 aliphatic rings. The van der Waals surface area contributed by atoms with E-state index in [1.54, 1.807) is 6.08 Å². The fourth-order valence-electron chi connectivity index (χ4n) is 3.71. The molecule has 0 amide bonds. The van der Waals surface area contributed by atoms with E-state index < -0.39 is 5.79 Å². The van der Waals surface area contributed by atoms with Gasteiger partial charge in [0.05, 0.1) is 13.2 Å². The van der Waals surface area contributed by atoms with Gasteiger partial charge in [-0.3, -0.25) is 4.79 Å². The standard InChI is InChI=1S/C12H12O3/c13-10-4-1-7-8-2-3-9(11(7)10)12(8)14-5-6-15-12/h1-4,7-9,11H,5-6H2/t7-,8-,9-,11+/m1/s1. The van der Waals surface area contributed by atoms with Crippen molar-refractivity contribution in [2.75, 3.05) is 13.2 Å². The summed E-state index contributed by atoms with van der Waals surface area (Å²) in [6.45, 7) is 1.32. The highest BCUT2D eigenvalue weighted by molar-refractivity contribution is 5.96. The van der Waals surface area contributed by atoms with Crippen LogP contribution in [0.4, 0.5) is 0 Å². The summed E-state index contributed by atoms with van der Waals surface area (Å²) in [5, 5.41) is 0. The molecule has 0 radical (unpaired) electrons. The van der Waals surface area contributed by atoms with E-state index in [1.807, 2.05) is 6.08 Å². The van der Waals surface area contributed by atoms with Crippen LogP contribution in [0.1, 0.15) is 0 Å². The molecule has 4 rings (SSSR count). The molecule has 1 aliphatic heterocycles. The molecule has 2 fully saturated rings. The average molecular weight is 204 g/mol. The molecule has 0 aromatic carbocycles. The summed E-state index contributed by atoms with van der Waals surface area (Å²) in [7, 11) is 0. The van der Waals surface area contributed by atoms with E-state index in [0.29, 0.717) is 19.1 Å². The Bertz CT molecular complexity index is 390. The van der Waals surface area contributed by atoms with Gasteiger partial charge in [-0.05, 0) is 12.0 Å². The first-order valence-corrected chi connectivity index (χ1v) is 5.51. The maximum Gasteiger partial charge on any atom is 0.182 e. The monoisotopic (exact) mass is 204 g/mol. The molecule has 0 aromatic heterocycles. The van der Waals surface area contributed by atoms with Gasteiger partial charge in [0.2, 0.25) is 0 Å². The van der Waals surface area contributed by atoms with E-state index >= 15 is 0 Å². The number of hydrogen-bond acceptors (Lipinski definition) is 3. The van der Waals surface area contributed by atoms with Crippen molar-refractivity contribution in [1.82, 2.24) is 0 Å². The highest BCUT2D eigenvalue weighted by Gasteiger charge is 2.66. The van der Waals surface area contributed by atoms with Crippen molar-refractivity contribution >= 4 is 5.78 Å². The first kappa shape index (κ1) is 8.25. The van der Waals surface area contributed by atoms with Crippen LogP contribution in [0.5, 0.6) is 0 Å². The van der Waals surface area contributed by atoms with Crippen LogP contribution in [0, 0.1) is 23.7 Å². The van der Waals surface area contributed by atoms with Crippen molar-refractivity contribution in [3.63, 3.8) is 0 Å². The lowest BCUT2D eigenvalue weighted by molar-refractivity contribution is -0.188. The topological polar surface area (TPSA) is 35.5 Å². The lowest BCUT2D eigenvalue weighted by Crippen LogP contribution is -2.38. The van der Waals surface area contributed by atoms with Crippen LogP contribution in [0.3, 0.4) is 0 Å². The van der Waals surface area contributed by atoms with Gasteiger partial charge >= 0.3 is 0 Å². The fraction of sp³-hybridized carbons (Fsp3) is 0.583. The van der Waals surface area contributed by atoms with Crippen molar-refractivity contribution < 1.29 is 14.3 Å². The summed E-state index contributed by atoms with van der Waals surface area (Å²) >= 11 is 0. The zero-order valence-corrected chi connectivity index (χ0v) is 8.26. The van der Waals surface area contributed by atoms with E-state index in [4.69, 9.17) is 9.47 Å². The maximum absolute atomic E-state index is 11.8. The predicted molar refractivity (Wildman–Crippen MR) is 51.9 cm³/mol. The number of carbonyl (C=O) groups excluding carboxylic acids is 1. The van der Waals surface area contributed by atoms with E-state index in [1.165, 1.54) is 0 Å². The second-order valence-corrected chi connectivity index (χ2v) is 4.72. The van der Waals surface area contributed by atoms with Crippen molar-refractivity contribution in [3.05, 3.63) is 24.3 Å². The molecular weight excluding hydrogens is 192 g/mol. The van der Waals surface area contributed by atoms with Gasteiger partial charge in [0, 0.05) is 17.8 Å². The van der Waals surface area contributed by atoms with Gasteiger partial charge in [0.25, 0.3) is 0 Å². The minimum atomic E-state index is -0.490. The molecule has 1 heterocycles. The molecule has 3 nitrogen and oxygen atoms in total. The summed E-state index contributed by atoms with van der Waals surface area (Å²) in [4.78, 5) is 11.8. The Labute approximate surface area is 87.7 Å². The second-order valence-electron chi connectivity index (χ2n) is 4.72. The van der Waals surface area contributed by atoms with Crippen LogP contribution < -0.4 is 0 Å². The van der Waals surface area contributed by atoms with Gasteiger partial charge in [0.1, 0.15) is 0 Å². The third-order valence-corrected chi connectivity index (χ3v) is 4.22. The van der Waals surface area contributed by atoms with E-state index in [2.05, 4.69) is 12.2 Å². The van der Waals surface area contributed by atoms with Crippen LogP contribution in [-0.4, -0.2) is 24.8 Å². The van der Waals surface area contributed by atoms with Crippen LogP contribution >= 0.6 is 0 Å². The molecule has 0 N–H and O–H groups in total. The Balaban J connectivity index is 1.83. The number of rotatable bonds is 0. The first-order valence-electron chi connectivity index (χ1n) is 5.51. The van der Waals surface area contributed by atoms with Gasteiger partial charge < -0.3 is 9.47 Å². The van der Waals surface area contributed by atoms with Crippen LogP contribution in [0.25, 0.3) is 0 Å². The molecule has 78 valence electrons. The molecule has 2 bridgehead atoms. The maximum atomic E-state index is 11.8. The number of allylic oxidation sites excluding steroid dienone is 2. The van der Waals surface area contributed by atoms with Gasteiger partial charge in [-0.15, -0.1) is 0 Å². The average Bonchev–Trinajstić information content (AvgIpc) is 2.96. The summed E-state index contributed by atoms with van der Waals surface area (Å²) < 4.78 is 11.6. The fourth-order valence-corrected chi connectivity index (χ4v) is 3.71. The number of hydrogen-bond donors (Lipinski definition) is 0. The molecule has 0 aromatic rings. The number of ketones is 1. The second kappa shape index (κ2) is 2.42. The Kier molecular flexibility index (Phi) is 1.33. The Morgan fingerprint density at radius 3 is 2.60 bits per heavy atom. The zero-order valence-electron chi connectivity index (χ0n) is 8.26. The molecule has 4 atom stereocenters. The largest absolute Gasteiger partial charge is 0.346 e. The number of carbonyl (C=O) groups is 1. The van der Waals surface area contributed by atoms with Crippen LogP contribution in [0.15, 0.2) is 24.3 Å². The molecule has 0 unspecified atom stereocenters. The molecule has 1 saturated carbocycles. The number of ether oxygens (including phenoxy) is 2. The van der Waals surface area contributed by atoms with Crippen molar-refractivity contribution in [1.29, 1.82) is 0 Å². The summed E-state index contributed by atoms with van der Waals surface area (Å²) in [5.74, 6) is 0.532. The lowest BCUT2D eigenvalue weighted by Gasteiger charge is -2.28. The van der Waals surface area contributed by atoms with E-state index in [0.717, 1.165) is 0 Å². The normalized spacial score (nSPS) is 48.4. The molecule has 3 heteroatoms. The van der Waals surface area contributed by atoms with Crippen LogP contribution in [0.2, 0.25) is 0 Å². The smallest absolute Gasteiger partial charge is 0.182 e. The van der Waals surface area contributed by atoms with Crippen molar-refractivity contribution in [3.8, 4) is 0 Å². The van der Waals surface area contributed by atoms with Gasteiger partial charge in [-0.1, -0.05) is 18.2 Å². The summed E-state index contributed by atoms with van der Waals surface area (Å²) in [6, 6.07) is 0. The minimum absolute atomic E-state index is 0.0816. The predicted octanol–water partition coefficient (Wildman–Crippen LogP) is 0.917. The molecule has 1 saturated heterocycles. The summed E-state index contributed by atoms with van der Waals surface area (Å²) in [5.41, 5.74) is 0. The number of fused-ring (bicyclic) bond motifs is 3. The molecular formula is C12H12O3. The Hall–Kier alpha value is -0.930. The highest BCUT2D eigenvalue weighted by atomic mass is 16.7. The zero-order chi connectivity index (χ0) is 10.0. The van der Waals surface area contributed by atoms with Crippen LogP contribution in [-0.2, 0) is 14.3 Å². The third-order valence-electron chi connectivity index (χ3n) is 4.22. The first-order chi connectivity index (χ1) is 7.33. The quantitative estimate of drug-likeness (QED) is 0.550. The van der Waals surface area contributed by atoms with Gasteiger partial charge in [-0.2, -0.15) is 0 Å². The van der Waals surface area contributed by atoms with Gasteiger partial charge in [0.15, 0.2) is 11.6 Å². The van der Waals surface area contributed by atoms with Gasteiger partial charge in [-0.25, -0.2) is 0 Å². The van der Waals surface area contributed by atoms with Crippen molar-refractivity contribution in [2.45, 2.75) is 5.79 Å². The SMILES string of the molecule is O=C1C=C[C@H]2[C@H]1[C@H]1C=C[C@H]2C12OCCO2. The minimum Gasteiger partial charge on any atom is -0.346 e. The van der Waals surface area contributed by atoms with E-state index in [9.17, 15) is 4.79 Å². The third kappa shape index (κ3) is 0.755. The highest BCUT2D eigenvalue weighted by Crippen LogP contribution is 2.60. The molecule has 3 aliphatic carbocycles. The molecule has 1 spiro atoms. The lowest BCUT2D eigenvalue weighted by atomic mass is 9.85. The summed E-state index contributed by atoms with van der Waals surface area (Å²) in [6.07, 6.45) is 8.04. The molecule has 15 heavy (non-hydrogen) atoms.